The molecule has 2 rings (SSSR count). The van der Waals surface area contributed by atoms with Crippen molar-refractivity contribution >= 4 is 29.3 Å². The lowest BCUT2D eigenvalue weighted by atomic mass is 10.1. The van der Waals surface area contributed by atoms with Crippen LogP contribution in [0.5, 0.6) is 0 Å². The minimum absolute atomic E-state index is 0.00760. The van der Waals surface area contributed by atoms with Crippen molar-refractivity contribution < 1.29 is 9.59 Å². The molecule has 0 fully saturated rings. The number of thioether (sulfide) groups is 1. The van der Waals surface area contributed by atoms with Crippen LogP contribution in [0.3, 0.4) is 0 Å². The molecular formula is C18H27N3O2S. The molecule has 1 aliphatic heterocycles. The van der Waals surface area contributed by atoms with Crippen LogP contribution in [0.15, 0.2) is 23.4 Å². The summed E-state index contributed by atoms with van der Waals surface area (Å²) in [4.78, 5) is 31.2. The molecule has 0 spiro atoms. The van der Waals surface area contributed by atoms with Gasteiger partial charge in [0.2, 0.25) is 11.8 Å². The number of amides is 2. The SMILES string of the molecule is CC(C)CCNC(=O)C[C@@H]1Sc2ncccc2N(CC(C)C)C1=O. The van der Waals surface area contributed by atoms with Gasteiger partial charge in [0.15, 0.2) is 0 Å². The van der Waals surface area contributed by atoms with Crippen molar-refractivity contribution in [2.24, 2.45) is 11.8 Å². The largest absolute Gasteiger partial charge is 0.356 e. The average molecular weight is 350 g/mol. The van der Waals surface area contributed by atoms with Gasteiger partial charge in [-0.2, -0.15) is 0 Å². The Balaban J connectivity index is 2.06. The molecule has 6 heteroatoms. The monoisotopic (exact) mass is 349 g/mol. The van der Waals surface area contributed by atoms with Gasteiger partial charge in [-0.15, -0.1) is 0 Å². The van der Waals surface area contributed by atoms with Gasteiger partial charge in [0, 0.05) is 25.7 Å². The van der Waals surface area contributed by atoms with E-state index < -0.39 is 5.25 Å². The van der Waals surface area contributed by atoms with E-state index in [1.807, 2.05) is 12.1 Å². The van der Waals surface area contributed by atoms with Gasteiger partial charge >= 0.3 is 0 Å². The molecule has 0 aromatic carbocycles. The molecule has 1 aromatic rings. The summed E-state index contributed by atoms with van der Waals surface area (Å²) >= 11 is 1.40. The van der Waals surface area contributed by atoms with Crippen LogP contribution in [0.2, 0.25) is 0 Å². The zero-order valence-corrected chi connectivity index (χ0v) is 15.7. The molecule has 2 amide bonds. The van der Waals surface area contributed by atoms with E-state index in [0.29, 0.717) is 24.9 Å². The Bertz CT molecular complexity index is 589. The molecule has 5 nitrogen and oxygen atoms in total. The Morgan fingerprint density at radius 1 is 1.33 bits per heavy atom. The summed E-state index contributed by atoms with van der Waals surface area (Å²) in [6.07, 6.45) is 2.88. The smallest absolute Gasteiger partial charge is 0.241 e. The van der Waals surface area contributed by atoms with Crippen LogP contribution in [0.4, 0.5) is 5.69 Å². The summed E-state index contributed by atoms with van der Waals surface area (Å²) in [6.45, 7) is 9.71. The predicted octanol–water partition coefficient (Wildman–Crippen LogP) is 3.10. The van der Waals surface area contributed by atoms with Crippen molar-refractivity contribution in [3.05, 3.63) is 18.3 Å². The highest BCUT2D eigenvalue weighted by Crippen LogP contribution is 2.38. The van der Waals surface area contributed by atoms with Crippen molar-refractivity contribution in [3.8, 4) is 0 Å². The summed E-state index contributed by atoms with van der Waals surface area (Å²) in [5, 5.41) is 3.35. The second-order valence-corrected chi connectivity index (χ2v) is 8.20. The van der Waals surface area contributed by atoms with E-state index in [1.165, 1.54) is 11.8 Å². The standard InChI is InChI=1S/C18H27N3O2S/c1-12(2)7-9-19-16(22)10-15-18(23)21(11-13(3)4)14-6-5-8-20-17(14)24-15/h5-6,8,12-13,15H,7,9-11H2,1-4H3,(H,19,22)/t15-/m0/s1. The fraction of sp³-hybridized carbons (Fsp3) is 0.611. The highest BCUT2D eigenvalue weighted by Gasteiger charge is 2.35. The summed E-state index contributed by atoms with van der Waals surface area (Å²) in [5.74, 6) is 0.845. The fourth-order valence-corrected chi connectivity index (χ4v) is 3.73. The first-order valence-electron chi connectivity index (χ1n) is 8.58. The molecule has 24 heavy (non-hydrogen) atoms. The number of fused-ring (bicyclic) bond motifs is 1. The summed E-state index contributed by atoms with van der Waals surface area (Å²) < 4.78 is 0. The number of hydrogen-bond acceptors (Lipinski definition) is 4. The van der Waals surface area contributed by atoms with E-state index in [0.717, 1.165) is 17.1 Å². The molecule has 1 aromatic heterocycles. The van der Waals surface area contributed by atoms with E-state index in [1.54, 1.807) is 11.1 Å². The lowest BCUT2D eigenvalue weighted by Gasteiger charge is -2.33. The molecule has 0 unspecified atom stereocenters. The van der Waals surface area contributed by atoms with E-state index >= 15 is 0 Å². The average Bonchev–Trinajstić information content (AvgIpc) is 2.50. The summed E-state index contributed by atoms with van der Waals surface area (Å²) in [7, 11) is 0. The van der Waals surface area contributed by atoms with Crippen molar-refractivity contribution in [2.75, 3.05) is 18.0 Å². The maximum absolute atomic E-state index is 12.8. The zero-order valence-electron chi connectivity index (χ0n) is 14.9. The number of anilines is 1. The third-order valence-corrected chi connectivity index (χ3v) is 4.99. The third-order valence-electron chi connectivity index (χ3n) is 3.80. The lowest BCUT2D eigenvalue weighted by Crippen LogP contribution is -2.45. The zero-order chi connectivity index (χ0) is 17.7. The summed E-state index contributed by atoms with van der Waals surface area (Å²) in [6, 6.07) is 3.77. The molecule has 0 radical (unpaired) electrons. The highest BCUT2D eigenvalue weighted by molar-refractivity contribution is 8.00. The molecule has 2 heterocycles. The fourth-order valence-electron chi connectivity index (χ4n) is 2.58. The normalized spacial score (nSPS) is 17.3. The molecule has 1 aliphatic rings. The third kappa shape index (κ3) is 4.97. The van der Waals surface area contributed by atoms with E-state index in [-0.39, 0.29) is 18.2 Å². The first-order valence-corrected chi connectivity index (χ1v) is 9.46. The predicted molar refractivity (Wildman–Crippen MR) is 98.2 cm³/mol. The Morgan fingerprint density at radius 3 is 2.75 bits per heavy atom. The van der Waals surface area contributed by atoms with E-state index in [2.05, 4.69) is 38.0 Å². The molecule has 132 valence electrons. The van der Waals surface area contributed by atoms with Crippen LogP contribution in [-0.2, 0) is 9.59 Å². The first-order chi connectivity index (χ1) is 11.4. The molecule has 0 bridgehead atoms. The summed E-state index contributed by atoms with van der Waals surface area (Å²) in [5.41, 5.74) is 0.859. The molecule has 1 atom stereocenters. The second kappa shape index (κ2) is 8.51. The van der Waals surface area contributed by atoms with Gasteiger partial charge in [-0.1, -0.05) is 39.5 Å². The number of carbonyl (C=O) groups is 2. The van der Waals surface area contributed by atoms with Gasteiger partial charge in [0.25, 0.3) is 0 Å². The molecule has 1 N–H and O–H groups in total. The van der Waals surface area contributed by atoms with Crippen molar-refractivity contribution in [1.82, 2.24) is 10.3 Å². The Hall–Kier alpha value is -1.56. The number of carbonyl (C=O) groups excluding carboxylic acids is 2. The topological polar surface area (TPSA) is 62.3 Å². The minimum Gasteiger partial charge on any atom is -0.356 e. The maximum Gasteiger partial charge on any atom is 0.241 e. The first kappa shape index (κ1) is 18.8. The van der Waals surface area contributed by atoms with Crippen LogP contribution >= 0.6 is 11.8 Å². The van der Waals surface area contributed by atoms with E-state index in [9.17, 15) is 9.59 Å². The Kier molecular flexibility index (Phi) is 6.66. The van der Waals surface area contributed by atoms with Gasteiger partial charge in [0.05, 0.1) is 10.9 Å². The van der Waals surface area contributed by atoms with Crippen LogP contribution < -0.4 is 10.2 Å². The number of nitrogens with zero attached hydrogens (tertiary/aromatic N) is 2. The quantitative estimate of drug-likeness (QED) is 0.822. The molecule has 0 saturated carbocycles. The van der Waals surface area contributed by atoms with Gasteiger partial charge in [-0.05, 0) is 30.4 Å². The number of hydrogen-bond donors (Lipinski definition) is 1. The van der Waals surface area contributed by atoms with E-state index in [4.69, 9.17) is 0 Å². The maximum atomic E-state index is 12.8. The minimum atomic E-state index is -0.398. The number of rotatable bonds is 7. The van der Waals surface area contributed by atoms with Gasteiger partial charge in [-0.25, -0.2) is 4.98 Å². The van der Waals surface area contributed by atoms with Crippen LogP contribution in [0, 0.1) is 11.8 Å². The number of aromatic nitrogens is 1. The highest BCUT2D eigenvalue weighted by atomic mass is 32.2. The van der Waals surface area contributed by atoms with Crippen LogP contribution in [0.1, 0.15) is 40.5 Å². The molecule has 0 aliphatic carbocycles. The van der Waals surface area contributed by atoms with Crippen molar-refractivity contribution in [1.29, 1.82) is 0 Å². The van der Waals surface area contributed by atoms with Crippen LogP contribution in [0.25, 0.3) is 0 Å². The lowest BCUT2D eigenvalue weighted by molar-refractivity contribution is -0.125. The number of pyridine rings is 1. The van der Waals surface area contributed by atoms with Gasteiger partial charge < -0.3 is 10.2 Å². The Morgan fingerprint density at radius 2 is 2.08 bits per heavy atom. The Labute approximate surface area is 148 Å². The van der Waals surface area contributed by atoms with Crippen molar-refractivity contribution in [2.45, 2.75) is 50.8 Å². The van der Waals surface area contributed by atoms with Gasteiger partial charge in [0.1, 0.15) is 5.03 Å². The van der Waals surface area contributed by atoms with Crippen molar-refractivity contribution in [3.63, 3.8) is 0 Å². The number of nitrogens with one attached hydrogen (secondary N) is 1. The van der Waals surface area contributed by atoms with Gasteiger partial charge in [-0.3, -0.25) is 9.59 Å². The second-order valence-electron chi connectivity index (χ2n) is 7.01. The van der Waals surface area contributed by atoms with Crippen LogP contribution in [-0.4, -0.2) is 35.1 Å². The molecular weight excluding hydrogens is 322 g/mol. The molecule has 0 saturated heterocycles.